The fourth-order valence-electron chi connectivity index (χ4n) is 2.74. The number of carbonyl (C=O) groups excluding carboxylic acids is 2. The second-order valence-corrected chi connectivity index (χ2v) is 7.27. The highest BCUT2D eigenvalue weighted by Gasteiger charge is 2.24. The van der Waals surface area contributed by atoms with Crippen LogP contribution >= 0.6 is 27.5 Å². The van der Waals surface area contributed by atoms with Gasteiger partial charge in [0.15, 0.2) is 5.82 Å². The van der Waals surface area contributed by atoms with Crippen molar-refractivity contribution in [1.29, 1.82) is 0 Å². The Morgan fingerprint density at radius 1 is 1.27 bits per heavy atom. The van der Waals surface area contributed by atoms with E-state index >= 15 is 0 Å². The summed E-state index contributed by atoms with van der Waals surface area (Å²) in [4.78, 5) is 40.0. The smallest absolute Gasteiger partial charge is 0.274 e. The molecule has 154 valence electrons. The van der Waals surface area contributed by atoms with E-state index in [0.29, 0.717) is 10.2 Å². The minimum atomic E-state index is -0.614. The number of halogens is 2. The van der Waals surface area contributed by atoms with Gasteiger partial charge in [-0.1, -0.05) is 11.6 Å². The van der Waals surface area contributed by atoms with E-state index in [-0.39, 0.29) is 33.5 Å². The van der Waals surface area contributed by atoms with Gasteiger partial charge in [-0.25, -0.2) is 9.67 Å². The number of hydrogen-bond donors (Lipinski definition) is 2. The number of pyridine rings is 1. The molecule has 3 rings (SSSR count). The van der Waals surface area contributed by atoms with Crippen LogP contribution in [-0.2, 0) is 0 Å². The molecule has 2 aromatic heterocycles. The number of carbonyl (C=O) groups is 2. The normalized spacial score (nSPS) is 10.5. The van der Waals surface area contributed by atoms with Gasteiger partial charge in [-0.2, -0.15) is 5.10 Å². The van der Waals surface area contributed by atoms with Crippen LogP contribution in [0.3, 0.4) is 0 Å². The molecule has 2 amide bonds. The molecule has 2 heterocycles. The molecule has 12 heteroatoms. The first kappa shape index (κ1) is 21.4. The maximum Gasteiger partial charge on any atom is 0.274 e. The summed E-state index contributed by atoms with van der Waals surface area (Å²) in [6, 6.07) is 7.07. The van der Waals surface area contributed by atoms with E-state index in [1.54, 1.807) is 19.1 Å². The second kappa shape index (κ2) is 8.59. The number of anilines is 1. The molecule has 0 aliphatic carbocycles. The lowest BCUT2D eigenvalue weighted by Crippen LogP contribution is -2.24. The molecule has 0 bridgehead atoms. The van der Waals surface area contributed by atoms with Crippen molar-refractivity contribution in [3.05, 3.63) is 73.1 Å². The highest BCUT2D eigenvalue weighted by molar-refractivity contribution is 9.10. The number of nitro benzene ring substituents is 1. The molecule has 0 atom stereocenters. The summed E-state index contributed by atoms with van der Waals surface area (Å²) in [6.45, 7) is 1.55. The van der Waals surface area contributed by atoms with E-state index in [4.69, 9.17) is 11.6 Å². The molecule has 10 nitrogen and oxygen atoms in total. The Morgan fingerprint density at radius 3 is 2.63 bits per heavy atom. The topological polar surface area (TPSA) is 132 Å². The van der Waals surface area contributed by atoms with E-state index in [0.717, 1.165) is 6.07 Å². The van der Waals surface area contributed by atoms with Crippen molar-refractivity contribution in [1.82, 2.24) is 20.1 Å². The van der Waals surface area contributed by atoms with Gasteiger partial charge in [0.25, 0.3) is 17.5 Å². The number of nitro groups is 1. The molecule has 1 aromatic carbocycles. The molecule has 0 saturated carbocycles. The van der Waals surface area contributed by atoms with Gasteiger partial charge in [-0.3, -0.25) is 19.7 Å². The molecule has 2 N–H and O–H groups in total. The van der Waals surface area contributed by atoms with Crippen LogP contribution in [0.1, 0.15) is 26.4 Å². The third kappa shape index (κ3) is 4.16. The molecular weight excluding hydrogens is 480 g/mol. The number of non-ortho nitro benzene ring substituents is 1. The lowest BCUT2D eigenvalue weighted by Gasteiger charge is -2.14. The van der Waals surface area contributed by atoms with Crippen LogP contribution in [0.4, 0.5) is 11.4 Å². The fourth-order valence-corrected chi connectivity index (χ4v) is 3.32. The van der Waals surface area contributed by atoms with Crippen molar-refractivity contribution in [2.45, 2.75) is 6.92 Å². The summed E-state index contributed by atoms with van der Waals surface area (Å²) >= 11 is 9.40. The minimum absolute atomic E-state index is 0.0430. The number of nitrogens with one attached hydrogen (secondary N) is 2. The van der Waals surface area contributed by atoms with Crippen LogP contribution in [0.15, 0.2) is 41.1 Å². The summed E-state index contributed by atoms with van der Waals surface area (Å²) in [7, 11) is 1.39. The Bertz CT molecular complexity index is 1180. The molecule has 0 radical (unpaired) electrons. The largest absolute Gasteiger partial charge is 0.355 e. The number of aromatic nitrogens is 3. The molecule has 30 heavy (non-hydrogen) atoms. The predicted octanol–water partition coefficient (Wildman–Crippen LogP) is 3.51. The maximum absolute atomic E-state index is 13.0. The van der Waals surface area contributed by atoms with Crippen molar-refractivity contribution < 1.29 is 14.5 Å². The molecule has 0 saturated heterocycles. The molecule has 0 spiro atoms. The number of nitrogens with zero attached hydrogens (tertiary/aromatic N) is 4. The number of benzene rings is 1. The monoisotopic (exact) mass is 492 g/mol. The number of aryl methyl sites for hydroxylation is 1. The summed E-state index contributed by atoms with van der Waals surface area (Å²) in [6.07, 6.45) is 1.50. The van der Waals surface area contributed by atoms with Gasteiger partial charge in [0.05, 0.1) is 21.2 Å². The first-order valence-corrected chi connectivity index (χ1v) is 9.59. The average Bonchev–Trinajstić information content (AvgIpc) is 3.10. The Hall–Kier alpha value is -3.31. The zero-order chi connectivity index (χ0) is 22.0. The van der Waals surface area contributed by atoms with Crippen molar-refractivity contribution in [3.8, 4) is 5.82 Å². The molecular formula is C18H14BrClN6O4. The van der Waals surface area contributed by atoms with E-state index < -0.39 is 16.7 Å². The van der Waals surface area contributed by atoms with E-state index in [2.05, 4.69) is 36.6 Å². The Labute approximate surface area is 183 Å². The van der Waals surface area contributed by atoms with Crippen LogP contribution in [0.5, 0.6) is 0 Å². The van der Waals surface area contributed by atoms with Gasteiger partial charge in [0.2, 0.25) is 0 Å². The Kier molecular flexibility index (Phi) is 6.13. The molecule has 3 aromatic rings. The number of amides is 2. The Balaban J connectivity index is 2.07. The van der Waals surface area contributed by atoms with Gasteiger partial charge >= 0.3 is 0 Å². The third-order valence-electron chi connectivity index (χ3n) is 4.09. The standard InChI is InChI=1S/C18H14BrClN6O4/c1-9-6-10(26(29)30)7-11(17(27)21-2)15(9)23-18(28)13-8-14(19)24-25(13)16-12(20)4-3-5-22-16/h3-8H,1-2H3,(H,21,27)(H,23,28). The zero-order valence-electron chi connectivity index (χ0n) is 15.6. The lowest BCUT2D eigenvalue weighted by atomic mass is 10.1. The summed E-state index contributed by atoms with van der Waals surface area (Å²) < 4.78 is 1.61. The van der Waals surface area contributed by atoms with E-state index in [1.165, 1.54) is 30.1 Å². The molecule has 0 fully saturated rings. The third-order valence-corrected chi connectivity index (χ3v) is 4.78. The number of hydrogen-bond acceptors (Lipinski definition) is 6. The summed E-state index contributed by atoms with van der Waals surface area (Å²) in [5.74, 6) is -0.960. The van der Waals surface area contributed by atoms with Crippen molar-refractivity contribution in [2.24, 2.45) is 0 Å². The highest BCUT2D eigenvalue weighted by Crippen LogP contribution is 2.28. The van der Waals surface area contributed by atoms with Gasteiger partial charge < -0.3 is 10.6 Å². The van der Waals surface area contributed by atoms with Crippen LogP contribution < -0.4 is 10.6 Å². The quantitative estimate of drug-likeness (QED) is 0.413. The van der Waals surface area contributed by atoms with Crippen molar-refractivity contribution in [3.63, 3.8) is 0 Å². The van der Waals surface area contributed by atoms with E-state index in [1.807, 2.05) is 0 Å². The van der Waals surface area contributed by atoms with Crippen LogP contribution in [0.2, 0.25) is 5.02 Å². The van der Waals surface area contributed by atoms with Crippen LogP contribution in [0, 0.1) is 17.0 Å². The maximum atomic E-state index is 13.0. The summed E-state index contributed by atoms with van der Waals surface area (Å²) in [5.41, 5.74) is 0.261. The van der Waals surface area contributed by atoms with Gasteiger partial charge in [-0.05, 0) is 40.5 Å². The minimum Gasteiger partial charge on any atom is -0.355 e. The Morgan fingerprint density at radius 2 is 2.00 bits per heavy atom. The number of rotatable bonds is 5. The summed E-state index contributed by atoms with van der Waals surface area (Å²) in [5, 5.41) is 20.7. The van der Waals surface area contributed by atoms with E-state index in [9.17, 15) is 19.7 Å². The zero-order valence-corrected chi connectivity index (χ0v) is 18.0. The first-order chi connectivity index (χ1) is 14.2. The lowest BCUT2D eigenvalue weighted by molar-refractivity contribution is -0.384. The molecule has 0 aliphatic heterocycles. The van der Waals surface area contributed by atoms with Gasteiger partial charge in [0.1, 0.15) is 10.3 Å². The SMILES string of the molecule is CNC(=O)c1cc([N+](=O)[O-])cc(C)c1NC(=O)c1cc(Br)nn1-c1ncccc1Cl. The second-order valence-electron chi connectivity index (χ2n) is 6.05. The van der Waals surface area contributed by atoms with Crippen LogP contribution in [0.25, 0.3) is 5.82 Å². The van der Waals surface area contributed by atoms with Crippen molar-refractivity contribution in [2.75, 3.05) is 12.4 Å². The fraction of sp³-hybridized carbons (Fsp3) is 0.111. The molecule has 0 aliphatic rings. The van der Waals surface area contributed by atoms with Crippen molar-refractivity contribution >= 4 is 50.7 Å². The van der Waals surface area contributed by atoms with Crippen LogP contribution in [-0.4, -0.2) is 38.5 Å². The average molecular weight is 494 g/mol. The molecule has 0 unspecified atom stereocenters. The van der Waals surface area contributed by atoms with Gasteiger partial charge in [0, 0.05) is 31.4 Å². The first-order valence-electron chi connectivity index (χ1n) is 8.41. The predicted molar refractivity (Wildman–Crippen MR) is 113 cm³/mol. The highest BCUT2D eigenvalue weighted by atomic mass is 79.9. The van der Waals surface area contributed by atoms with Gasteiger partial charge in [-0.15, -0.1) is 0 Å².